The van der Waals surface area contributed by atoms with Gasteiger partial charge in [-0.2, -0.15) is 4.37 Å². The average molecular weight is 410 g/mol. The summed E-state index contributed by atoms with van der Waals surface area (Å²) in [7, 11) is -1.53. The average Bonchev–Trinajstić information content (AvgIpc) is 2.96. The lowest BCUT2D eigenvalue weighted by atomic mass is 10.4. The van der Waals surface area contributed by atoms with Crippen molar-refractivity contribution in [2.75, 3.05) is 23.4 Å². The number of nitrogen functional groups attached to an aromatic ring is 1. The van der Waals surface area contributed by atoms with Gasteiger partial charge in [0.25, 0.3) is 0 Å². The Balaban J connectivity index is 2.32. The van der Waals surface area contributed by atoms with Crippen molar-refractivity contribution in [2.45, 2.75) is 24.8 Å². The van der Waals surface area contributed by atoms with Crippen molar-refractivity contribution < 1.29 is 8.42 Å². The van der Waals surface area contributed by atoms with Crippen LogP contribution in [-0.4, -0.2) is 25.6 Å². The molecule has 0 unspecified atom stereocenters. The largest absolute Gasteiger partial charge is 0.382 e. The van der Waals surface area contributed by atoms with Crippen molar-refractivity contribution in [3.8, 4) is 0 Å². The van der Waals surface area contributed by atoms with E-state index in [0.29, 0.717) is 18.0 Å². The quantitative estimate of drug-likeness (QED) is 0.790. The molecule has 0 aliphatic carbocycles. The number of halogens is 1. The van der Waals surface area contributed by atoms with Crippen molar-refractivity contribution in [1.82, 2.24) is 4.37 Å². The molecule has 2 heterocycles. The third-order valence-electron chi connectivity index (χ3n) is 2.80. The topological polar surface area (TPSA) is 76.3 Å². The molecule has 0 fully saturated rings. The first-order valence-electron chi connectivity index (χ1n) is 6.27. The molecule has 0 saturated heterocycles. The predicted octanol–water partition coefficient (Wildman–Crippen LogP) is 3.37. The highest BCUT2D eigenvalue weighted by Gasteiger charge is 2.26. The van der Waals surface area contributed by atoms with Crippen LogP contribution >= 0.6 is 38.8 Å². The molecular weight excluding hydrogens is 394 g/mol. The SMILES string of the molecule is CCCS(=O)(=O)c1c(N)nsc1N(C)Cc1cc(Br)cs1. The number of hydrogen-bond acceptors (Lipinski definition) is 7. The number of nitrogens with two attached hydrogens (primary N) is 1. The Kier molecular flexibility index (Phi) is 5.29. The maximum absolute atomic E-state index is 12.4. The summed E-state index contributed by atoms with van der Waals surface area (Å²) in [6, 6.07) is 2.02. The van der Waals surface area contributed by atoms with E-state index >= 15 is 0 Å². The summed E-state index contributed by atoms with van der Waals surface area (Å²) in [4.78, 5) is 3.19. The normalized spacial score (nSPS) is 11.8. The zero-order chi connectivity index (χ0) is 15.6. The number of thiophene rings is 1. The Morgan fingerprint density at radius 1 is 1.48 bits per heavy atom. The molecule has 0 saturated carbocycles. The zero-order valence-electron chi connectivity index (χ0n) is 11.7. The van der Waals surface area contributed by atoms with Crippen LogP contribution in [0, 0.1) is 0 Å². The van der Waals surface area contributed by atoms with Crippen molar-refractivity contribution in [2.24, 2.45) is 0 Å². The van der Waals surface area contributed by atoms with Crippen LogP contribution in [-0.2, 0) is 16.4 Å². The number of nitrogens with zero attached hydrogens (tertiary/aromatic N) is 2. The van der Waals surface area contributed by atoms with Gasteiger partial charge in [0.05, 0.1) is 12.3 Å². The molecular formula is C12H16BrN3O2S3. The van der Waals surface area contributed by atoms with Crippen LogP contribution in [0.2, 0.25) is 0 Å². The summed E-state index contributed by atoms with van der Waals surface area (Å²) in [5, 5.41) is 2.60. The first-order valence-corrected chi connectivity index (χ1v) is 10.4. The van der Waals surface area contributed by atoms with Gasteiger partial charge in [0.15, 0.2) is 15.7 Å². The summed E-state index contributed by atoms with van der Waals surface area (Å²) in [6.45, 7) is 2.45. The van der Waals surface area contributed by atoms with Gasteiger partial charge in [0.1, 0.15) is 9.90 Å². The molecule has 2 rings (SSSR count). The van der Waals surface area contributed by atoms with Crippen molar-refractivity contribution >= 4 is 59.5 Å². The first kappa shape index (κ1) is 16.7. The van der Waals surface area contributed by atoms with E-state index in [1.807, 2.05) is 30.3 Å². The van der Waals surface area contributed by atoms with Crippen LogP contribution < -0.4 is 10.6 Å². The molecule has 21 heavy (non-hydrogen) atoms. The monoisotopic (exact) mass is 409 g/mol. The fourth-order valence-corrected chi connectivity index (χ4v) is 6.18. The lowest BCUT2D eigenvalue weighted by molar-refractivity contribution is 0.595. The van der Waals surface area contributed by atoms with Gasteiger partial charge in [-0.25, -0.2) is 8.42 Å². The van der Waals surface area contributed by atoms with E-state index in [4.69, 9.17) is 5.73 Å². The molecule has 0 aromatic carbocycles. The summed E-state index contributed by atoms with van der Waals surface area (Å²) >= 11 is 6.16. The molecule has 116 valence electrons. The van der Waals surface area contributed by atoms with E-state index in [2.05, 4.69) is 20.3 Å². The molecule has 2 aromatic rings. The molecule has 0 atom stereocenters. The van der Waals surface area contributed by atoms with Crippen molar-refractivity contribution in [3.05, 3.63) is 20.8 Å². The number of sulfone groups is 1. The summed E-state index contributed by atoms with van der Waals surface area (Å²) < 4.78 is 29.8. The molecule has 0 radical (unpaired) electrons. The van der Waals surface area contributed by atoms with Gasteiger partial charge in [0.2, 0.25) is 0 Å². The van der Waals surface area contributed by atoms with Crippen LogP contribution in [0.15, 0.2) is 20.8 Å². The van der Waals surface area contributed by atoms with E-state index in [-0.39, 0.29) is 16.5 Å². The molecule has 2 N–H and O–H groups in total. The fraction of sp³-hybridized carbons (Fsp3) is 0.417. The molecule has 0 spiro atoms. The minimum absolute atomic E-state index is 0.0843. The fourth-order valence-electron chi connectivity index (χ4n) is 1.93. The third kappa shape index (κ3) is 3.77. The molecule has 0 aliphatic rings. The third-order valence-corrected chi connectivity index (χ3v) is 7.56. The van der Waals surface area contributed by atoms with Crippen LogP contribution in [0.25, 0.3) is 0 Å². The Labute approximate surface area is 141 Å². The van der Waals surface area contributed by atoms with Gasteiger partial charge in [-0.1, -0.05) is 6.92 Å². The van der Waals surface area contributed by atoms with E-state index in [0.717, 1.165) is 20.9 Å². The van der Waals surface area contributed by atoms with E-state index in [1.165, 1.54) is 0 Å². The Morgan fingerprint density at radius 3 is 2.76 bits per heavy atom. The lowest BCUT2D eigenvalue weighted by Crippen LogP contribution is -2.18. The summed E-state index contributed by atoms with van der Waals surface area (Å²) in [5.74, 6) is 0.184. The maximum Gasteiger partial charge on any atom is 0.185 e. The van der Waals surface area contributed by atoms with Crippen LogP contribution in [0.4, 0.5) is 10.8 Å². The summed E-state index contributed by atoms with van der Waals surface area (Å²) in [6.07, 6.45) is 0.554. The lowest BCUT2D eigenvalue weighted by Gasteiger charge is -2.17. The second-order valence-corrected chi connectivity index (χ2v) is 9.32. The Hall–Kier alpha value is -0.640. The Bertz CT molecular complexity index is 724. The highest BCUT2D eigenvalue weighted by atomic mass is 79.9. The van der Waals surface area contributed by atoms with Crippen molar-refractivity contribution in [1.29, 1.82) is 0 Å². The van der Waals surface area contributed by atoms with E-state index in [1.54, 1.807) is 11.3 Å². The molecule has 5 nitrogen and oxygen atoms in total. The van der Waals surface area contributed by atoms with Gasteiger partial charge < -0.3 is 10.6 Å². The number of anilines is 2. The minimum atomic E-state index is -3.39. The van der Waals surface area contributed by atoms with Gasteiger partial charge in [-0.05, 0) is 39.9 Å². The van der Waals surface area contributed by atoms with Crippen LogP contribution in [0.5, 0.6) is 0 Å². The molecule has 0 bridgehead atoms. The second-order valence-electron chi connectivity index (χ2n) is 4.61. The van der Waals surface area contributed by atoms with Gasteiger partial charge >= 0.3 is 0 Å². The minimum Gasteiger partial charge on any atom is -0.382 e. The summed E-state index contributed by atoms with van der Waals surface area (Å²) in [5.41, 5.74) is 5.78. The number of hydrogen-bond donors (Lipinski definition) is 1. The molecule has 0 amide bonds. The van der Waals surface area contributed by atoms with Crippen LogP contribution in [0.3, 0.4) is 0 Å². The second kappa shape index (κ2) is 6.64. The Morgan fingerprint density at radius 2 is 2.19 bits per heavy atom. The number of rotatable bonds is 6. The van der Waals surface area contributed by atoms with E-state index in [9.17, 15) is 8.42 Å². The van der Waals surface area contributed by atoms with Gasteiger partial charge in [-0.3, -0.25) is 0 Å². The molecule has 2 aromatic heterocycles. The molecule has 9 heteroatoms. The highest BCUT2D eigenvalue weighted by Crippen LogP contribution is 2.36. The first-order chi connectivity index (χ1) is 9.85. The smallest absolute Gasteiger partial charge is 0.185 e. The zero-order valence-corrected chi connectivity index (χ0v) is 15.7. The molecule has 0 aliphatic heterocycles. The predicted molar refractivity (Wildman–Crippen MR) is 93.0 cm³/mol. The standard InChI is InChI=1S/C12H16BrN3O2S3/c1-3-4-21(17,18)10-11(14)15-20-12(10)16(2)6-9-5-8(13)7-19-9/h5,7H,3-4,6H2,1-2H3,(H2,14,15). The van der Waals surface area contributed by atoms with Crippen molar-refractivity contribution in [3.63, 3.8) is 0 Å². The van der Waals surface area contributed by atoms with E-state index < -0.39 is 9.84 Å². The maximum atomic E-state index is 12.4. The van der Waals surface area contributed by atoms with Gasteiger partial charge in [0, 0.05) is 21.8 Å². The number of aromatic nitrogens is 1. The van der Waals surface area contributed by atoms with Gasteiger partial charge in [-0.15, -0.1) is 11.3 Å². The van der Waals surface area contributed by atoms with Crippen LogP contribution in [0.1, 0.15) is 18.2 Å². The highest BCUT2D eigenvalue weighted by molar-refractivity contribution is 9.10.